The molecule has 0 aliphatic carbocycles. The monoisotopic (exact) mass is 354 g/mol. The van der Waals surface area contributed by atoms with Crippen molar-refractivity contribution in [2.45, 2.75) is 58.2 Å². The van der Waals surface area contributed by atoms with Crippen LogP contribution in [-0.2, 0) is 27.1 Å². The highest BCUT2D eigenvalue weighted by Crippen LogP contribution is 2.14. The van der Waals surface area contributed by atoms with Crippen molar-refractivity contribution in [1.82, 2.24) is 0 Å². The Labute approximate surface area is 157 Å². The van der Waals surface area contributed by atoms with Gasteiger partial charge in [0.25, 0.3) is 0 Å². The molecule has 0 saturated carbocycles. The Kier molecular flexibility index (Phi) is 8.91. The zero-order chi connectivity index (χ0) is 18.6. The highest BCUT2D eigenvalue weighted by Gasteiger charge is 2.17. The Balaban J connectivity index is 2.00. The third-order valence-corrected chi connectivity index (χ3v) is 4.34. The van der Waals surface area contributed by atoms with Crippen LogP contribution in [0.1, 0.15) is 44.2 Å². The van der Waals surface area contributed by atoms with Gasteiger partial charge in [0.2, 0.25) is 0 Å². The molecule has 0 aromatic heterocycles. The van der Waals surface area contributed by atoms with Crippen molar-refractivity contribution in [3.05, 3.63) is 71.8 Å². The zero-order valence-corrected chi connectivity index (χ0v) is 15.9. The number of rotatable bonds is 11. The lowest BCUT2D eigenvalue weighted by Crippen LogP contribution is -2.28. The Morgan fingerprint density at radius 2 is 1.42 bits per heavy atom. The second-order valence-corrected chi connectivity index (χ2v) is 6.71. The summed E-state index contributed by atoms with van der Waals surface area (Å²) in [6.45, 7) is 4.05. The van der Waals surface area contributed by atoms with Gasteiger partial charge in [0, 0.05) is 6.92 Å². The van der Waals surface area contributed by atoms with Crippen molar-refractivity contribution in [2.24, 2.45) is 0 Å². The Hall–Kier alpha value is -2.13. The fourth-order valence-corrected chi connectivity index (χ4v) is 3.03. The van der Waals surface area contributed by atoms with Gasteiger partial charge in [-0.1, -0.05) is 74.0 Å². The Morgan fingerprint density at radius 1 is 0.885 bits per heavy atom. The topological polar surface area (TPSA) is 35.5 Å². The summed E-state index contributed by atoms with van der Waals surface area (Å²) >= 11 is 0. The van der Waals surface area contributed by atoms with Gasteiger partial charge in [0.1, 0.15) is 6.10 Å². The van der Waals surface area contributed by atoms with E-state index in [1.54, 1.807) is 0 Å². The SMILES string of the molecule is CCCCC(COC(Cc1ccccc1)Cc1ccccc1)OC(C)=O. The summed E-state index contributed by atoms with van der Waals surface area (Å²) < 4.78 is 11.7. The van der Waals surface area contributed by atoms with E-state index in [4.69, 9.17) is 9.47 Å². The lowest BCUT2D eigenvalue weighted by atomic mass is 10.0. The van der Waals surface area contributed by atoms with Gasteiger partial charge >= 0.3 is 5.97 Å². The molecule has 0 aliphatic rings. The van der Waals surface area contributed by atoms with Gasteiger partial charge in [-0.05, 0) is 36.8 Å². The van der Waals surface area contributed by atoms with Crippen LogP contribution in [0.3, 0.4) is 0 Å². The van der Waals surface area contributed by atoms with Crippen LogP contribution in [0.4, 0.5) is 0 Å². The predicted molar refractivity (Wildman–Crippen MR) is 105 cm³/mol. The van der Waals surface area contributed by atoms with Gasteiger partial charge in [-0.25, -0.2) is 0 Å². The molecule has 0 fully saturated rings. The molecule has 0 radical (unpaired) electrons. The molecule has 26 heavy (non-hydrogen) atoms. The highest BCUT2D eigenvalue weighted by atomic mass is 16.6. The third kappa shape index (κ3) is 7.83. The van der Waals surface area contributed by atoms with Crippen LogP contribution >= 0.6 is 0 Å². The second-order valence-electron chi connectivity index (χ2n) is 6.71. The largest absolute Gasteiger partial charge is 0.460 e. The number of hydrogen-bond donors (Lipinski definition) is 0. The average Bonchev–Trinajstić information content (AvgIpc) is 2.65. The molecule has 0 aliphatic heterocycles. The molecule has 140 valence electrons. The molecule has 0 bridgehead atoms. The molecule has 2 aromatic carbocycles. The van der Waals surface area contributed by atoms with Gasteiger partial charge < -0.3 is 9.47 Å². The van der Waals surface area contributed by atoms with Crippen molar-refractivity contribution < 1.29 is 14.3 Å². The number of benzene rings is 2. The van der Waals surface area contributed by atoms with E-state index in [9.17, 15) is 4.79 Å². The minimum Gasteiger partial charge on any atom is -0.460 e. The van der Waals surface area contributed by atoms with Crippen LogP contribution in [0, 0.1) is 0 Å². The smallest absolute Gasteiger partial charge is 0.302 e. The maximum atomic E-state index is 11.4. The summed E-state index contributed by atoms with van der Waals surface area (Å²) in [5.41, 5.74) is 2.51. The van der Waals surface area contributed by atoms with Gasteiger partial charge in [0.05, 0.1) is 12.7 Å². The Morgan fingerprint density at radius 3 is 1.88 bits per heavy atom. The average molecular weight is 354 g/mol. The molecule has 0 amide bonds. The molecule has 1 unspecified atom stereocenters. The van der Waals surface area contributed by atoms with Gasteiger partial charge in [-0.3, -0.25) is 4.79 Å². The normalized spacial score (nSPS) is 12.1. The van der Waals surface area contributed by atoms with Crippen molar-refractivity contribution in [2.75, 3.05) is 6.61 Å². The van der Waals surface area contributed by atoms with Crippen molar-refractivity contribution in [3.8, 4) is 0 Å². The number of carbonyl (C=O) groups is 1. The maximum absolute atomic E-state index is 11.4. The number of carbonyl (C=O) groups excluding carboxylic acids is 1. The standard InChI is InChI=1S/C23H30O3/c1-3-4-15-22(26-19(2)24)18-25-23(16-20-11-7-5-8-12-20)17-21-13-9-6-10-14-21/h5-14,22-23H,3-4,15-18H2,1-2H3. The number of unbranched alkanes of at least 4 members (excludes halogenated alkanes) is 1. The molecule has 0 N–H and O–H groups in total. The maximum Gasteiger partial charge on any atom is 0.302 e. The highest BCUT2D eigenvalue weighted by molar-refractivity contribution is 5.66. The molecular weight excluding hydrogens is 324 g/mol. The van der Waals surface area contributed by atoms with Crippen molar-refractivity contribution in [1.29, 1.82) is 0 Å². The summed E-state index contributed by atoms with van der Waals surface area (Å²) in [7, 11) is 0. The zero-order valence-electron chi connectivity index (χ0n) is 15.9. The lowest BCUT2D eigenvalue weighted by Gasteiger charge is -2.23. The van der Waals surface area contributed by atoms with E-state index < -0.39 is 0 Å². The molecular formula is C23H30O3. The second kappa shape index (κ2) is 11.5. The van der Waals surface area contributed by atoms with Gasteiger partial charge in [-0.15, -0.1) is 0 Å². The molecule has 0 saturated heterocycles. The fourth-order valence-electron chi connectivity index (χ4n) is 3.03. The first-order chi connectivity index (χ1) is 12.7. The molecule has 1 atom stereocenters. The molecule has 3 nitrogen and oxygen atoms in total. The predicted octanol–water partition coefficient (Wildman–Crippen LogP) is 4.98. The van der Waals surface area contributed by atoms with E-state index in [-0.39, 0.29) is 18.2 Å². The molecule has 2 aromatic rings. The molecule has 0 heterocycles. The first-order valence-corrected chi connectivity index (χ1v) is 9.54. The fraction of sp³-hybridized carbons (Fsp3) is 0.435. The van der Waals surface area contributed by atoms with E-state index in [1.807, 2.05) is 12.1 Å². The van der Waals surface area contributed by atoms with Crippen LogP contribution in [0.2, 0.25) is 0 Å². The van der Waals surface area contributed by atoms with Crippen LogP contribution in [0.5, 0.6) is 0 Å². The minimum atomic E-state index is -0.239. The van der Waals surface area contributed by atoms with E-state index in [2.05, 4.69) is 55.5 Å². The van der Waals surface area contributed by atoms with Crippen LogP contribution in [0.15, 0.2) is 60.7 Å². The van der Waals surface area contributed by atoms with E-state index in [0.717, 1.165) is 32.1 Å². The van der Waals surface area contributed by atoms with Crippen LogP contribution < -0.4 is 0 Å². The number of hydrogen-bond acceptors (Lipinski definition) is 3. The summed E-state index contributed by atoms with van der Waals surface area (Å²) in [6, 6.07) is 20.8. The lowest BCUT2D eigenvalue weighted by molar-refractivity contribution is -0.151. The van der Waals surface area contributed by atoms with Crippen LogP contribution in [0.25, 0.3) is 0 Å². The molecule has 3 heteroatoms. The first-order valence-electron chi connectivity index (χ1n) is 9.54. The summed E-state index contributed by atoms with van der Waals surface area (Å²) in [5.74, 6) is -0.239. The minimum absolute atomic E-state index is 0.0551. The van der Waals surface area contributed by atoms with Crippen molar-refractivity contribution >= 4 is 5.97 Å². The Bertz CT molecular complexity index is 583. The van der Waals surface area contributed by atoms with Crippen molar-refractivity contribution in [3.63, 3.8) is 0 Å². The van der Waals surface area contributed by atoms with Gasteiger partial charge in [0.15, 0.2) is 0 Å². The first kappa shape index (κ1) is 20.2. The number of esters is 1. The molecule has 0 spiro atoms. The summed E-state index contributed by atoms with van der Waals surface area (Å²) in [6.07, 6.45) is 4.53. The summed E-state index contributed by atoms with van der Waals surface area (Å²) in [5, 5.41) is 0. The van der Waals surface area contributed by atoms with E-state index in [1.165, 1.54) is 18.1 Å². The summed E-state index contributed by atoms with van der Waals surface area (Å²) in [4.78, 5) is 11.4. The van der Waals surface area contributed by atoms with E-state index >= 15 is 0 Å². The van der Waals surface area contributed by atoms with Crippen LogP contribution in [-0.4, -0.2) is 24.8 Å². The third-order valence-electron chi connectivity index (χ3n) is 4.34. The quantitative estimate of drug-likeness (QED) is 0.534. The number of ether oxygens (including phenoxy) is 2. The van der Waals surface area contributed by atoms with E-state index in [0.29, 0.717) is 6.61 Å². The molecule has 2 rings (SSSR count). The van der Waals surface area contributed by atoms with Gasteiger partial charge in [-0.2, -0.15) is 0 Å².